The summed E-state index contributed by atoms with van der Waals surface area (Å²) in [7, 11) is 0. The number of aromatic nitrogens is 3. The average Bonchev–Trinajstić information content (AvgIpc) is 3.04. The number of nitrogens with zero attached hydrogens (tertiary/aromatic N) is 2. The zero-order chi connectivity index (χ0) is 24.4. The molecular weight excluding hydrogens is 440 g/mol. The molecule has 1 amide bonds. The van der Waals surface area contributed by atoms with Crippen LogP contribution in [0.2, 0.25) is 5.02 Å². The fraction of sp³-hybridized carbons (Fsp3) is 0.480. The number of fused-ring (bicyclic) bond motifs is 1. The number of alkyl carbamates (subject to hydrolysis) is 1. The summed E-state index contributed by atoms with van der Waals surface area (Å²) in [5, 5.41) is 3.46. The van der Waals surface area contributed by atoms with Crippen LogP contribution < -0.4 is 10.1 Å². The van der Waals surface area contributed by atoms with E-state index >= 15 is 0 Å². The zero-order valence-electron chi connectivity index (χ0n) is 20.4. The van der Waals surface area contributed by atoms with E-state index in [1.807, 2.05) is 58.9 Å². The monoisotopic (exact) mass is 472 g/mol. The van der Waals surface area contributed by atoms with Gasteiger partial charge in [0.05, 0.1) is 10.6 Å². The summed E-state index contributed by atoms with van der Waals surface area (Å²) in [4.78, 5) is 24.4. The number of nitrogens with one attached hydrogen (secondary N) is 2. The number of halogens is 1. The normalized spacial score (nSPS) is 13.7. The van der Waals surface area contributed by atoms with E-state index in [0.717, 1.165) is 34.5 Å². The lowest BCUT2D eigenvalue weighted by atomic mass is 9.91. The van der Waals surface area contributed by atoms with Gasteiger partial charge in [0.1, 0.15) is 29.3 Å². The number of carbonyl (C=O) groups excluding carboxylic acids is 1. The highest BCUT2D eigenvalue weighted by Crippen LogP contribution is 2.33. The number of hydrogen-bond acceptors (Lipinski definition) is 5. The van der Waals surface area contributed by atoms with Crippen molar-refractivity contribution in [3.05, 3.63) is 41.3 Å². The number of carbonyl (C=O) groups is 1. The standard InChI is InChI=1S/C25H33ClN4O3/c1-15(2)13-25(7,30-23(31)33-24(4,5)6)14-32-20-9-8-17(12-19(20)26)18-10-11-27-22-21(18)28-16(3)29-22/h8-12,15H,13-14H2,1-7H3,(H,30,31)(H,27,28,29)/t25-/m0/s1. The highest BCUT2D eigenvalue weighted by Gasteiger charge is 2.31. The van der Waals surface area contributed by atoms with Crippen molar-refractivity contribution in [2.45, 2.75) is 66.0 Å². The van der Waals surface area contributed by atoms with Gasteiger partial charge >= 0.3 is 6.09 Å². The largest absolute Gasteiger partial charge is 0.490 e. The minimum atomic E-state index is -0.623. The van der Waals surface area contributed by atoms with E-state index in [-0.39, 0.29) is 6.61 Å². The Morgan fingerprint density at radius 1 is 1.21 bits per heavy atom. The van der Waals surface area contributed by atoms with Gasteiger partial charge in [-0.2, -0.15) is 0 Å². The van der Waals surface area contributed by atoms with Crippen molar-refractivity contribution in [3.8, 4) is 16.9 Å². The maximum absolute atomic E-state index is 12.4. The smallest absolute Gasteiger partial charge is 0.408 e. The Labute approximate surface area is 200 Å². The molecule has 0 aliphatic rings. The number of amides is 1. The van der Waals surface area contributed by atoms with Crippen LogP contribution in [-0.4, -0.2) is 38.8 Å². The van der Waals surface area contributed by atoms with Gasteiger partial charge in [0.15, 0.2) is 5.65 Å². The molecular formula is C25H33ClN4O3. The van der Waals surface area contributed by atoms with Crippen LogP contribution in [-0.2, 0) is 4.74 Å². The lowest BCUT2D eigenvalue weighted by Crippen LogP contribution is -2.52. The summed E-state index contributed by atoms with van der Waals surface area (Å²) in [6.07, 6.45) is 2.00. The van der Waals surface area contributed by atoms with Gasteiger partial charge in [-0.1, -0.05) is 31.5 Å². The van der Waals surface area contributed by atoms with Crippen molar-refractivity contribution in [2.24, 2.45) is 5.92 Å². The molecule has 2 heterocycles. The summed E-state index contributed by atoms with van der Waals surface area (Å²) in [5.41, 5.74) is 2.19. The zero-order valence-corrected chi connectivity index (χ0v) is 21.1. The van der Waals surface area contributed by atoms with Crippen molar-refractivity contribution >= 4 is 28.9 Å². The van der Waals surface area contributed by atoms with Crippen molar-refractivity contribution in [1.82, 2.24) is 20.3 Å². The molecule has 2 N–H and O–H groups in total. The van der Waals surface area contributed by atoms with E-state index in [1.165, 1.54) is 0 Å². The van der Waals surface area contributed by atoms with Gasteiger partial charge in [-0.25, -0.2) is 14.8 Å². The molecule has 0 radical (unpaired) electrons. The van der Waals surface area contributed by atoms with E-state index in [9.17, 15) is 4.79 Å². The summed E-state index contributed by atoms with van der Waals surface area (Å²) in [6.45, 7) is 13.8. The van der Waals surface area contributed by atoms with E-state index in [0.29, 0.717) is 16.7 Å². The highest BCUT2D eigenvalue weighted by molar-refractivity contribution is 6.32. The molecule has 7 nitrogen and oxygen atoms in total. The summed E-state index contributed by atoms with van der Waals surface area (Å²) in [5.74, 6) is 1.70. The van der Waals surface area contributed by atoms with Gasteiger partial charge < -0.3 is 19.8 Å². The second kappa shape index (κ2) is 9.59. The fourth-order valence-electron chi connectivity index (χ4n) is 3.88. The summed E-state index contributed by atoms with van der Waals surface area (Å²) in [6, 6.07) is 7.56. The second-order valence-electron chi connectivity index (χ2n) is 10.1. The van der Waals surface area contributed by atoms with Gasteiger partial charge in [-0.3, -0.25) is 0 Å². The van der Waals surface area contributed by atoms with Gasteiger partial charge in [-0.15, -0.1) is 0 Å². The summed E-state index contributed by atoms with van der Waals surface area (Å²) < 4.78 is 11.5. The molecule has 0 saturated heterocycles. The second-order valence-corrected chi connectivity index (χ2v) is 10.5. The van der Waals surface area contributed by atoms with E-state index in [4.69, 9.17) is 21.1 Å². The first-order chi connectivity index (χ1) is 15.3. The Morgan fingerprint density at radius 3 is 2.58 bits per heavy atom. The Balaban J connectivity index is 1.78. The molecule has 0 bridgehead atoms. The first kappa shape index (κ1) is 24.8. The third-order valence-corrected chi connectivity index (χ3v) is 5.25. The first-order valence-corrected chi connectivity index (χ1v) is 11.5. The minimum Gasteiger partial charge on any atom is -0.490 e. The number of benzene rings is 1. The van der Waals surface area contributed by atoms with E-state index in [1.54, 1.807) is 6.20 Å². The van der Waals surface area contributed by atoms with Crippen molar-refractivity contribution in [3.63, 3.8) is 0 Å². The summed E-state index contributed by atoms with van der Waals surface area (Å²) >= 11 is 6.58. The predicted octanol–water partition coefficient (Wildman–Crippen LogP) is 6.30. The minimum absolute atomic E-state index is 0.252. The maximum Gasteiger partial charge on any atom is 0.408 e. The number of rotatable bonds is 7. The van der Waals surface area contributed by atoms with Crippen LogP contribution in [0.3, 0.4) is 0 Å². The maximum atomic E-state index is 12.4. The van der Waals surface area contributed by atoms with Crippen molar-refractivity contribution < 1.29 is 14.3 Å². The fourth-order valence-corrected chi connectivity index (χ4v) is 4.11. The van der Waals surface area contributed by atoms with Crippen LogP contribution in [0.1, 0.15) is 53.8 Å². The number of H-pyrrole nitrogens is 1. The first-order valence-electron chi connectivity index (χ1n) is 11.1. The van der Waals surface area contributed by atoms with E-state index < -0.39 is 17.2 Å². The highest BCUT2D eigenvalue weighted by atomic mass is 35.5. The van der Waals surface area contributed by atoms with Crippen LogP contribution >= 0.6 is 11.6 Å². The molecule has 0 spiro atoms. The molecule has 0 saturated carbocycles. The molecule has 0 fully saturated rings. The molecule has 178 valence electrons. The van der Waals surface area contributed by atoms with Gasteiger partial charge in [0.2, 0.25) is 0 Å². The van der Waals surface area contributed by atoms with Crippen LogP contribution in [0.5, 0.6) is 5.75 Å². The van der Waals surface area contributed by atoms with Gasteiger partial charge in [-0.05, 0) is 70.7 Å². The number of aromatic amines is 1. The number of pyridine rings is 1. The molecule has 33 heavy (non-hydrogen) atoms. The molecule has 0 unspecified atom stereocenters. The Bertz CT molecular complexity index is 1140. The lowest BCUT2D eigenvalue weighted by Gasteiger charge is -2.33. The van der Waals surface area contributed by atoms with Crippen molar-refractivity contribution in [1.29, 1.82) is 0 Å². The molecule has 3 rings (SSSR count). The number of aryl methyl sites for hydroxylation is 1. The number of ether oxygens (including phenoxy) is 2. The number of imidazole rings is 1. The third-order valence-electron chi connectivity index (χ3n) is 4.95. The third kappa shape index (κ3) is 6.60. The van der Waals surface area contributed by atoms with Crippen LogP contribution in [0.15, 0.2) is 30.5 Å². The topological polar surface area (TPSA) is 89.1 Å². The molecule has 0 aliphatic heterocycles. The van der Waals surface area contributed by atoms with Gasteiger partial charge in [0, 0.05) is 11.8 Å². The predicted molar refractivity (Wildman–Crippen MR) is 132 cm³/mol. The lowest BCUT2D eigenvalue weighted by molar-refractivity contribution is 0.0408. The SMILES string of the molecule is Cc1nc2c(-c3ccc(OC[C@](C)(CC(C)C)NC(=O)OC(C)(C)C)c(Cl)c3)ccnc2[nH]1. The van der Waals surface area contributed by atoms with Gasteiger partial charge in [0.25, 0.3) is 0 Å². The number of hydrogen-bond donors (Lipinski definition) is 2. The van der Waals surface area contributed by atoms with Crippen LogP contribution in [0.25, 0.3) is 22.3 Å². The van der Waals surface area contributed by atoms with Crippen molar-refractivity contribution in [2.75, 3.05) is 6.61 Å². The van der Waals surface area contributed by atoms with E-state index in [2.05, 4.69) is 34.1 Å². The Kier molecular flexibility index (Phi) is 7.22. The Morgan fingerprint density at radius 2 is 1.94 bits per heavy atom. The van der Waals surface area contributed by atoms with Crippen LogP contribution in [0.4, 0.5) is 4.79 Å². The van der Waals surface area contributed by atoms with Crippen LogP contribution in [0, 0.1) is 12.8 Å². The average molecular weight is 473 g/mol. The molecule has 1 atom stereocenters. The molecule has 2 aromatic heterocycles. The quantitative estimate of drug-likeness (QED) is 0.421. The molecule has 1 aromatic carbocycles. The molecule has 8 heteroatoms. The Hall–Kier alpha value is -2.80. The molecule has 0 aliphatic carbocycles. The molecule has 3 aromatic rings.